The van der Waals surface area contributed by atoms with Crippen LogP contribution in [0.2, 0.25) is 0 Å². The lowest BCUT2D eigenvalue weighted by Crippen LogP contribution is -2.52. The molecule has 4 rings (SSSR count). The molecule has 2 atom stereocenters. The van der Waals surface area contributed by atoms with Gasteiger partial charge in [0.2, 0.25) is 5.91 Å². The fraction of sp³-hybridized carbons (Fsp3) is 0.750. The zero-order chi connectivity index (χ0) is 18.0. The van der Waals surface area contributed by atoms with Gasteiger partial charge in [0.25, 0.3) is 0 Å². The van der Waals surface area contributed by atoms with E-state index >= 15 is 0 Å². The molecule has 1 aromatic rings. The van der Waals surface area contributed by atoms with E-state index in [1.54, 1.807) is 18.6 Å². The van der Waals surface area contributed by atoms with Gasteiger partial charge >= 0.3 is 0 Å². The molecule has 1 saturated carbocycles. The number of carbonyl (C=O) groups excluding carboxylic acids is 1. The van der Waals surface area contributed by atoms with E-state index in [1.165, 1.54) is 12.8 Å². The SMILES string of the molecule is CC1CCC(C(=O)N2CCCC3(CC(Nc4cnccn4)CO3)C2)CC1. The molecule has 0 radical (unpaired) electrons. The summed E-state index contributed by atoms with van der Waals surface area (Å²) in [6.45, 7) is 4.60. The highest BCUT2D eigenvalue weighted by molar-refractivity contribution is 5.79. The van der Waals surface area contributed by atoms with Crippen molar-refractivity contribution < 1.29 is 9.53 Å². The summed E-state index contributed by atoms with van der Waals surface area (Å²) in [5.41, 5.74) is -0.185. The Morgan fingerprint density at radius 1 is 1.31 bits per heavy atom. The third kappa shape index (κ3) is 3.85. The molecule has 1 aromatic heterocycles. The first kappa shape index (κ1) is 17.7. The van der Waals surface area contributed by atoms with E-state index in [0.717, 1.165) is 56.9 Å². The van der Waals surface area contributed by atoms with Crippen molar-refractivity contribution in [3.63, 3.8) is 0 Å². The van der Waals surface area contributed by atoms with Crippen molar-refractivity contribution in [3.8, 4) is 0 Å². The average Bonchev–Trinajstić information content (AvgIpc) is 3.04. The molecule has 2 unspecified atom stereocenters. The van der Waals surface area contributed by atoms with Crippen LogP contribution in [-0.4, -0.2) is 52.1 Å². The third-order valence-electron chi connectivity index (χ3n) is 6.34. The van der Waals surface area contributed by atoms with E-state index in [0.29, 0.717) is 12.5 Å². The average molecular weight is 358 g/mol. The molecule has 0 bridgehead atoms. The minimum atomic E-state index is -0.185. The van der Waals surface area contributed by atoms with Gasteiger partial charge < -0.3 is 15.0 Å². The quantitative estimate of drug-likeness (QED) is 0.900. The molecule has 1 spiro atoms. The Kier molecular flexibility index (Phi) is 5.11. The Morgan fingerprint density at radius 3 is 2.92 bits per heavy atom. The number of hydrogen-bond acceptors (Lipinski definition) is 5. The Labute approximate surface area is 155 Å². The topological polar surface area (TPSA) is 67.4 Å². The van der Waals surface area contributed by atoms with E-state index in [4.69, 9.17) is 4.74 Å². The Morgan fingerprint density at radius 2 is 2.15 bits per heavy atom. The van der Waals surface area contributed by atoms with Crippen LogP contribution in [0.4, 0.5) is 5.82 Å². The van der Waals surface area contributed by atoms with Gasteiger partial charge in [-0.05, 0) is 44.4 Å². The van der Waals surface area contributed by atoms with Crippen LogP contribution >= 0.6 is 0 Å². The second kappa shape index (κ2) is 7.51. The Hall–Kier alpha value is -1.69. The number of rotatable bonds is 3. The second-order valence-electron chi connectivity index (χ2n) is 8.45. The standard InChI is InChI=1S/C20H30N4O2/c1-15-3-5-16(6-4-15)19(25)24-10-2-7-20(14-24)11-17(13-26-20)23-18-12-21-8-9-22-18/h8-9,12,15-17H,2-7,10-11,13-14H2,1H3,(H,22,23). The van der Waals surface area contributed by atoms with Crippen molar-refractivity contribution >= 4 is 11.7 Å². The normalized spacial score (nSPS) is 34.8. The van der Waals surface area contributed by atoms with Gasteiger partial charge in [0, 0.05) is 37.8 Å². The number of anilines is 1. The number of likely N-dealkylation sites (tertiary alicyclic amines) is 1. The highest BCUT2D eigenvalue weighted by atomic mass is 16.5. The second-order valence-corrected chi connectivity index (χ2v) is 8.45. The lowest BCUT2D eigenvalue weighted by atomic mass is 9.81. The Bertz CT molecular complexity index is 617. The van der Waals surface area contributed by atoms with Crippen molar-refractivity contribution in [2.75, 3.05) is 25.0 Å². The number of carbonyl (C=O) groups is 1. The van der Waals surface area contributed by atoms with Crippen LogP contribution in [0.3, 0.4) is 0 Å². The lowest BCUT2D eigenvalue weighted by molar-refractivity contribution is -0.144. The number of nitrogens with one attached hydrogen (secondary N) is 1. The first-order chi connectivity index (χ1) is 12.6. The van der Waals surface area contributed by atoms with Crippen molar-refractivity contribution in [2.24, 2.45) is 11.8 Å². The summed E-state index contributed by atoms with van der Waals surface area (Å²) < 4.78 is 6.25. The molecule has 3 heterocycles. The molecular weight excluding hydrogens is 328 g/mol. The number of piperidine rings is 1. The van der Waals surface area contributed by atoms with Gasteiger partial charge in [-0.25, -0.2) is 4.98 Å². The fourth-order valence-electron chi connectivity index (χ4n) is 4.86. The first-order valence-electron chi connectivity index (χ1n) is 10.1. The van der Waals surface area contributed by atoms with Crippen LogP contribution in [0.25, 0.3) is 0 Å². The molecule has 142 valence electrons. The van der Waals surface area contributed by atoms with Gasteiger partial charge in [-0.15, -0.1) is 0 Å². The maximum absolute atomic E-state index is 13.0. The third-order valence-corrected chi connectivity index (χ3v) is 6.34. The summed E-state index contributed by atoms with van der Waals surface area (Å²) in [5, 5.41) is 3.42. The van der Waals surface area contributed by atoms with Gasteiger partial charge in [-0.1, -0.05) is 6.92 Å². The minimum Gasteiger partial charge on any atom is -0.371 e. The summed E-state index contributed by atoms with van der Waals surface area (Å²) >= 11 is 0. The molecule has 1 N–H and O–H groups in total. The largest absolute Gasteiger partial charge is 0.371 e. The molecule has 6 nitrogen and oxygen atoms in total. The molecular formula is C20H30N4O2. The van der Waals surface area contributed by atoms with Crippen molar-refractivity contribution in [1.82, 2.24) is 14.9 Å². The highest BCUT2D eigenvalue weighted by Crippen LogP contribution is 2.37. The number of ether oxygens (including phenoxy) is 1. The van der Waals surface area contributed by atoms with Crippen LogP contribution < -0.4 is 5.32 Å². The highest BCUT2D eigenvalue weighted by Gasteiger charge is 2.45. The summed E-state index contributed by atoms with van der Waals surface area (Å²) in [6.07, 6.45) is 12.6. The van der Waals surface area contributed by atoms with Gasteiger partial charge in [0.1, 0.15) is 5.82 Å². The summed E-state index contributed by atoms with van der Waals surface area (Å²) in [6, 6.07) is 0.234. The zero-order valence-corrected chi connectivity index (χ0v) is 15.7. The van der Waals surface area contributed by atoms with Crippen LogP contribution in [0.15, 0.2) is 18.6 Å². The molecule has 1 aliphatic carbocycles. The van der Waals surface area contributed by atoms with Crippen LogP contribution in [-0.2, 0) is 9.53 Å². The van der Waals surface area contributed by atoms with Gasteiger partial charge in [-0.2, -0.15) is 0 Å². The van der Waals surface area contributed by atoms with E-state index in [1.807, 2.05) is 0 Å². The predicted molar refractivity (Wildman–Crippen MR) is 99.7 cm³/mol. The number of amides is 1. The first-order valence-corrected chi connectivity index (χ1v) is 10.1. The van der Waals surface area contributed by atoms with Gasteiger partial charge in [0.05, 0.1) is 24.4 Å². The van der Waals surface area contributed by atoms with Crippen molar-refractivity contribution in [2.45, 2.75) is 63.5 Å². The Balaban J connectivity index is 1.35. The van der Waals surface area contributed by atoms with Crippen LogP contribution in [0.5, 0.6) is 0 Å². The lowest BCUT2D eigenvalue weighted by Gasteiger charge is -2.41. The molecule has 2 aliphatic heterocycles. The van der Waals surface area contributed by atoms with E-state index in [9.17, 15) is 4.79 Å². The van der Waals surface area contributed by atoms with Crippen LogP contribution in [0.1, 0.15) is 51.9 Å². The smallest absolute Gasteiger partial charge is 0.225 e. The molecule has 1 amide bonds. The number of nitrogens with zero attached hydrogens (tertiary/aromatic N) is 3. The maximum atomic E-state index is 13.0. The monoisotopic (exact) mass is 358 g/mol. The van der Waals surface area contributed by atoms with E-state index in [-0.39, 0.29) is 17.6 Å². The molecule has 3 aliphatic rings. The zero-order valence-electron chi connectivity index (χ0n) is 15.7. The molecule has 0 aromatic carbocycles. The van der Waals surface area contributed by atoms with E-state index in [2.05, 4.69) is 27.1 Å². The molecule has 6 heteroatoms. The maximum Gasteiger partial charge on any atom is 0.225 e. The summed E-state index contributed by atoms with van der Waals surface area (Å²) in [5.74, 6) is 2.16. The van der Waals surface area contributed by atoms with Gasteiger partial charge in [-0.3, -0.25) is 9.78 Å². The molecule has 26 heavy (non-hydrogen) atoms. The predicted octanol–water partition coefficient (Wildman–Crippen LogP) is 2.86. The molecule has 2 saturated heterocycles. The summed E-state index contributed by atoms with van der Waals surface area (Å²) in [4.78, 5) is 23.5. The van der Waals surface area contributed by atoms with Crippen molar-refractivity contribution in [3.05, 3.63) is 18.6 Å². The van der Waals surface area contributed by atoms with Crippen LogP contribution in [0, 0.1) is 11.8 Å². The van der Waals surface area contributed by atoms with Crippen molar-refractivity contribution in [1.29, 1.82) is 0 Å². The number of aromatic nitrogens is 2. The minimum absolute atomic E-state index is 0.185. The molecule has 3 fully saturated rings. The summed E-state index contributed by atoms with van der Waals surface area (Å²) in [7, 11) is 0. The fourth-order valence-corrected chi connectivity index (χ4v) is 4.86. The van der Waals surface area contributed by atoms with E-state index < -0.39 is 0 Å². The number of hydrogen-bond donors (Lipinski definition) is 1. The van der Waals surface area contributed by atoms with Gasteiger partial charge in [0.15, 0.2) is 0 Å².